The topological polar surface area (TPSA) is 84.0 Å². The summed E-state index contributed by atoms with van der Waals surface area (Å²) < 4.78 is 0. The van der Waals surface area contributed by atoms with E-state index in [0.29, 0.717) is 11.6 Å². The first kappa shape index (κ1) is 20.0. The molecule has 1 heterocycles. The third-order valence-electron chi connectivity index (χ3n) is 4.25. The highest BCUT2D eigenvalue weighted by Gasteiger charge is 2.26. The highest BCUT2D eigenvalue weighted by Crippen LogP contribution is 2.26. The number of benzene rings is 1. The van der Waals surface area contributed by atoms with Crippen LogP contribution in [0.25, 0.3) is 10.6 Å². The van der Waals surface area contributed by atoms with E-state index in [1.54, 1.807) is 0 Å². The van der Waals surface area contributed by atoms with Gasteiger partial charge in [-0.05, 0) is 12.3 Å². The van der Waals surface area contributed by atoms with Crippen LogP contribution in [-0.4, -0.2) is 28.1 Å². The van der Waals surface area contributed by atoms with E-state index >= 15 is 0 Å². The van der Waals surface area contributed by atoms with Gasteiger partial charge >= 0.3 is 0 Å². The van der Waals surface area contributed by atoms with Crippen LogP contribution in [0, 0.1) is 5.92 Å². The molecular weight excluding hydrogens is 348 g/mol. The van der Waals surface area contributed by atoms with Crippen LogP contribution in [0.2, 0.25) is 0 Å². The van der Waals surface area contributed by atoms with Crippen molar-refractivity contribution in [1.82, 2.24) is 15.5 Å². The highest BCUT2D eigenvalue weighted by molar-refractivity contribution is 7.18. The lowest BCUT2D eigenvalue weighted by atomic mass is 9.98. The van der Waals surface area contributed by atoms with Crippen LogP contribution in [0.1, 0.15) is 46.5 Å². The first-order valence-electron chi connectivity index (χ1n) is 9.04. The zero-order valence-corrected chi connectivity index (χ0v) is 16.3. The molecule has 2 N–H and O–H groups in total. The Kier molecular flexibility index (Phi) is 7.72. The summed E-state index contributed by atoms with van der Waals surface area (Å²) >= 11 is 1.32. The molecule has 6 nitrogen and oxygen atoms in total. The zero-order valence-electron chi connectivity index (χ0n) is 15.5. The second-order valence-electron chi connectivity index (χ2n) is 6.30. The number of carbonyl (C=O) groups is 2. The minimum atomic E-state index is -0.576. The third kappa shape index (κ3) is 5.62. The second-order valence-corrected chi connectivity index (χ2v) is 7.28. The Bertz CT molecular complexity index is 717. The monoisotopic (exact) mass is 374 g/mol. The van der Waals surface area contributed by atoms with Crippen LogP contribution in [0.5, 0.6) is 0 Å². The summed E-state index contributed by atoms with van der Waals surface area (Å²) in [6, 6.07) is 9.11. The maximum Gasteiger partial charge on any atom is 0.249 e. The molecule has 0 radical (unpaired) electrons. The van der Waals surface area contributed by atoms with E-state index in [9.17, 15) is 9.59 Å². The molecule has 2 rings (SSSR count). The molecule has 0 aliphatic heterocycles. The Morgan fingerprint density at radius 2 is 1.88 bits per heavy atom. The number of carbonyl (C=O) groups excluding carboxylic acids is 2. The lowest BCUT2D eigenvalue weighted by molar-refractivity contribution is -0.127. The van der Waals surface area contributed by atoms with Crippen LogP contribution in [0.4, 0.5) is 5.13 Å². The number of hydrogen-bond acceptors (Lipinski definition) is 5. The van der Waals surface area contributed by atoms with Crippen LogP contribution in [0.15, 0.2) is 30.3 Å². The number of rotatable bonds is 9. The number of anilines is 1. The fourth-order valence-corrected chi connectivity index (χ4v) is 3.19. The van der Waals surface area contributed by atoms with Gasteiger partial charge in [-0.2, -0.15) is 0 Å². The van der Waals surface area contributed by atoms with E-state index in [-0.39, 0.29) is 17.7 Å². The Morgan fingerprint density at radius 3 is 2.54 bits per heavy atom. The molecule has 2 aromatic rings. The number of aromatic nitrogens is 2. The third-order valence-corrected chi connectivity index (χ3v) is 5.13. The van der Waals surface area contributed by atoms with E-state index in [2.05, 4.69) is 20.8 Å². The van der Waals surface area contributed by atoms with Crippen molar-refractivity contribution >= 4 is 28.3 Å². The van der Waals surface area contributed by atoms with Gasteiger partial charge in [0.25, 0.3) is 0 Å². The maximum atomic E-state index is 12.7. The summed E-state index contributed by atoms with van der Waals surface area (Å²) in [5.74, 6) is -0.309. The lowest BCUT2D eigenvalue weighted by Gasteiger charge is -2.22. The average molecular weight is 375 g/mol. The molecule has 1 aromatic heterocycles. The van der Waals surface area contributed by atoms with Crippen LogP contribution >= 0.6 is 11.3 Å². The van der Waals surface area contributed by atoms with Gasteiger partial charge in [-0.15, -0.1) is 10.2 Å². The summed E-state index contributed by atoms with van der Waals surface area (Å²) in [6.07, 6.45) is 2.99. The smallest absolute Gasteiger partial charge is 0.249 e. The Morgan fingerprint density at radius 1 is 1.15 bits per heavy atom. The standard InChI is InChI=1S/C19H26N4O2S/c1-4-6-12-15(24)20-16(13(3)5-2)17(25)21-19-23-22-18(26-19)14-10-8-7-9-11-14/h7-11,13,16H,4-6,12H2,1-3H3,(H,20,24)(H,21,23,25)/t13-,16-/m0/s1. The fraction of sp³-hybridized carbons (Fsp3) is 0.474. The predicted molar refractivity (Wildman–Crippen MR) is 105 cm³/mol. The Balaban J connectivity index is 2.04. The molecule has 0 aliphatic rings. The Labute approximate surface area is 158 Å². The average Bonchev–Trinajstić information content (AvgIpc) is 3.12. The van der Waals surface area contributed by atoms with Crippen molar-refractivity contribution in [3.05, 3.63) is 30.3 Å². The number of nitrogens with one attached hydrogen (secondary N) is 2. The van der Waals surface area contributed by atoms with Crippen LogP contribution in [0.3, 0.4) is 0 Å². The number of unbranched alkanes of at least 4 members (excludes halogenated alkanes) is 1. The van der Waals surface area contributed by atoms with E-state index in [1.807, 2.05) is 51.1 Å². The second kappa shape index (κ2) is 10.0. The Hall–Kier alpha value is -2.28. The molecule has 0 unspecified atom stereocenters. The summed E-state index contributed by atoms with van der Waals surface area (Å²) in [4.78, 5) is 24.7. The highest BCUT2D eigenvalue weighted by atomic mass is 32.1. The van der Waals surface area contributed by atoms with E-state index < -0.39 is 6.04 Å². The van der Waals surface area contributed by atoms with E-state index in [4.69, 9.17) is 0 Å². The van der Waals surface area contributed by atoms with Gasteiger partial charge in [0.05, 0.1) is 0 Å². The fourth-order valence-electron chi connectivity index (χ4n) is 2.44. The van der Waals surface area contributed by atoms with E-state index in [0.717, 1.165) is 29.8 Å². The van der Waals surface area contributed by atoms with Gasteiger partial charge in [0.2, 0.25) is 16.9 Å². The molecule has 0 aliphatic carbocycles. The molecule has 1 aromatic carbocycles. The summed E-state index contributed by atoms with van der Waals surface area (Å²) in [6.45, 7) is 5.99. The van der Waals surface area contributed by atoms with Crippen molar-refractivity contribution in [3.8, 4) is 10.6 Å². The number of hydrogen-bond donors (Lipinski definition) is 2. The normalized spacial score (nSPS) is 13.0. The first-order chi connectivity index (χ1) is 12.5. The molecule has 0 fully saturated rings. The van der Waals surface area contributed by atoms with Crippen molar-refractivity contribution in [1.29, 1.82) is 0 Å². The van der Waals surface area contributed by atoms with Crippen molar-refractivity contribution in [2.45, 2.75) is 52.5 Å². The predicted octanol–water partition coefficient (Wildman–Crippen LogP) is 3.86. The van der Waals surface area contributed by atoms with Gasteiger partial charge in [0.15, 0.2) is 0 Å². The van der Waals surface area contributed by atoms with E-state index in [1.165, 1.54) is 11.3 Å². The van der Waals surface area contributed by atoms with Gasteiger partial charge < -0.3 is 5.32 Å². The molecule has 2 amide bonds. The minimum absolute atomic E-state index is 0.0297. The molecule has 2 atom stereocenters. The number of nitrogens with zero attached hydrogens (tertiary/aromatic N) is 2. The zero-order chi connectivity index (χ0) is 18.9. The number of amides is 2. The molecular formula is C19H26N4O2S. The molecule has 26 heavy (non-hydrogen) atoms. The van der Waals surface area contributed by atoms with Crippen molar-refractivity contribution < 1.29 is 9.59 Å². The van der Waals surface area contributed by atoms with Gasteiger partial charge in [-0.25, -0.2) is 0 Å². The van der Waals surface area contributed by atoms with Crippen molar-refractivity contribution in [2.24, 2.45) is 5.92 Å². The van der Waals surface area contributed by atoms with Crippen LogP contribution < -0.4 is 10.6 Å². The quantitative estimate of drug-likeness (QED) is 0.698. The SMILES string of the molecule is CCCCC(=O)N[C@H](C(=O)Nc1nnc(-c2ccccc2)s1)[C@@H](C)CC. The van der Waals surface area contributed by atoms with Gasteiger partial charge in [0.1, 0.15) is 11.0 Å². The summed E-state index contributed by atoms with van der Waals surface area (Å²) in [7, 11) is 0. The molecule has 0 saturated heterocycles. The largest absolute Gasteiger partial charge is 0.344 e. The molecule has 0 saturated carbocycles. The van der Waals surface area contributed by atoms with Gasteiger partial charge in [-0.3, -0.25) is 14.9 Å². The van der Waals surface area contributed by atoms with Gasteiger partial charge in [0, 0.05) is 12.0 Å². The molecule has 0 spiro atoms. The molecule has 140 valence electrons. The summed E-state index contributed by atoms with van der Waals surface area (Å²) in [5, 5.41) is 15.0. The van der Waals surface area contributed by atoms with Gasteiger partial charge in [-0.1, -0.05) is 75.3 Å². The molecule has 7 heteroatoms. The van der Waals surface area contributed by atoms with Crippen LogP contribution in [-0.2, 0) is 9.59 Å². The van der Waals surface area contributed by atoms with Crippen molar-refractivity contribution in [2.75, 3.05) is 5.32 Å². The summed E-state index contributed by atoms with van der Waals surface area (Å²) in [5.41, 5.74) is 0.955. The van der Waals surface area contributed by atoms with Crippen molar-refractivity contribution in [3.63, 3.8) is 0 Å². The molecule has 0 bridgehead atoms. The first-order valence-corrected chi connectivity index (χ1v) is 9.85. The lowest BCUT2D eigenvalue weighted by Crippen LogP contribution is -2.47. The maximum absolute atomic E-state index is 12.7. The minimum Gasteiger partial charge on any atom is -0.344 e.